The number of carboxylic acid groups (broad SMARTS) is 1. The zero-order valence-corrected chi connectivity index (χ0v) is 11.9. The van der Waals surface area contributed by atoms with Crippen LogP contribution in [0.25, 0.3) is 0 Å². The molecule has 3 nitrogen and oxygen atoms in total. The van der Waals surface area contributed by atoms with Crippen molar-refractivity contribution in [3.05, 3.63) is 34.3 Å². The molecule has 0 aromatic heterocycles. The van der Waals surface area contributed by atoms with E-state index in [4.69, 9.17) is 0 Å². The molecule has 0 amide bonds. The van der Waals surface area contributed by atoms with Gasteiger partial charge in [0.15, 0.2) is 0 Å². The Morgan fingerprint density at radius 2 is 2.06 bits per heavy atom. The summed E-state index contributed by atoms with van der Waals surface area (Å²) in [5.41, 5.74) is 0.877. The minimum atomic E-state index is -0.737. The molecule has 18 heavy (non-hydrogen) atoms. The number of piperidine rings is 1. The third-order valence-electron chi connectivity index (χ3n) is 3.44. The van der Waals surface area contributed by atoms with E-state index in [1.807, 2.05) is 24.3 Å². The Balaban J connectivity index is 2.10. The molecule has 1 aromatic rings. The molecule has 0 aliphatic carbocycles. The van der Waals surface area contributed by atoms with Crippen molar-refractivity contribution in [1.82, 2.24) is 4.90 Å². The highest BCUT2D eigenvalue weighted by atomic mass is 79.9. The van der Waals surface area contributed by atoms with Crippen LogP contribution in [0.5, 0.6) is 0 Å². The van der Waals surface area contributed by atoms with Gasteiger partial charge in [0.05, 0.1) is 5.92 Å². The lowest BCUT2D eigenvalue weighted by molar-refractivity contribution is -0.139. The Morgan fingerprint density at radius 3 is 2.67 bits per heavy atom. The molecule has 1 aliphatic rings. The maximum Gasteiger partial charge on any atom is 0.312 e. The highest BCUT2D eigenvalue weighted by molar-refractivity contribution is 9.10. The van der Waals surface area contributed by atoms with Crippen LogP contribution in [0.2, 0.25) is 0 Å². The van der Waals surface area contributed by atoms with E-state index in [2.05, 4.69) is 20.8 Å². The molecule has 0 radical (unpaired) electrons. The van der Waals surface area contributed by atoms with Crippen molar-refractivity contribution >= 4 is 21.9 Å². The van der Waals surface area contributed by atoms with Crippen molar-refractivity contribution in [2.75, 3.05) is 19.6 Å². The van der Waals surface area contributed by atoms with E-state index in [0.29, 0.717) is 6.54 Å². The van der Waals surface area contributed by atoms with Crippen LogP contribution in [-0.4, -0.2) is 35.6 Å². The number of benzene rings is 1. The van der Waals surface area contributed by atoms with Crippen LogP contribution in [0.1, 0.15) is 30.7 Å². The summed E-state index contributed by atoms with van der Waals surface area (Å²) in [6.45, 7) is 2.67. The molecule has 1 heterocycles. The third-order valence-corrected chi connectivity index (χ3v) is 3.93. The SMILES string of the molecule is O=C(O)C(CN1CCCCC1)c1cccc(Br)c1. The van der Waals surface area contributed by atoms with Gasteiger partial charge in [-0.05, 0) is 43.6 Å². The first-order chi connectivity index (χ1) is 8.66. The summed E-state index contributed by atoms with van der Waals surface area (Å²) < 4.78 is 0.935. The second-order valence-corrected chi connectivity index (χ2v) is 5.72. The second kappa shape index (κ2) is 6.34. The first-order valence-corrected chi connectivity index (χ1v) is 7.17. The van der Waals surface area contributed by atoms with Gasteiger partial charge in [0.25, 0.3) is 0 Å². The fourth-order valence-electron chi connectivity index (χ4n) is 2.45. The predicted molar refractivity (Wildman–Crippen MR) is 74.8 cm³/mol. The Morgan fingerprint density at radius 1 is 1.33 bits per heavy atom. The van der Waals surface area contributed by atoms with Crippen molar-refractivity contribution in [2.45, 2.75) is 25.2 Å². The number of carboxylic acids is 1. The summed E-state index contributed by atoms with van der Waals surface area (Å²) >= 11 is 3.40. The van der Waals surface area contributed by atoms with Gasteiger partial charge in [-0.2, -0.15) is 0 Å². The Labute approximate surface area is 116 Å². The Hall–Kier alpha value is -0.870. The van der Waals surface area contributed by atoms with Gasteiger partial charge in [-0.3, -0.25) is 4.79 Å². The molecule has 1 N–H and O–H groups in total. The largest absolute Gasteiger partial charge is 0.481 e. The average molecular weight is 312 g/mol. The van der Waals surface area contributed by atoms with E-state index < -0.39 is 11.9 Å². The first-order valence-electron chi connectivity index (χ1n) is 6.37. The summed E-state index contributed by atoms with van der Waals surface area (Å²) in [6.07, 6.45) is 3.64. The topological polar surface area (TPSA) is 40.5 Å². The van der Waals surface area contributed by atoms with Crippen LogP contribution >= 0.6 is 15.9 Å². The van der Waals surface area contributed by atoms with Crippen LogP contribution < -0.4 is 0 Å². The number of carbonyl (C=O) groups is 1. The maximum absolute atomic E-state index is 11.4. The quantitative estimate of drug-likeness (QED) is 0.929. The molecule has 1 fully saturated rings. The van der Waals surface area contributed by atoms with E-state index >= 15 is 0 Å². The summed E-state index contributed by atoms with van der Waals surface area (Å²) in [4.78, 5) is 13.7. The highest BCUT2D eigenvalue weighted by Gasteiger charge is 2.24. The molecule has 2 rings (SSSR count). The van der Waals surface area contributed by atoms with Gasteiger partial charge in [0, 0.05) is 11.0 Å². The van der Waals surface area contributed by atoms with Gasteiger partial charge < -0.3 is 10.0 Å². The van der Waals surface area contributed by atoms with Crippen LogP contribution in [0.15, 0.2) is 28.7 Å². The maximum atomic E-state index is 11.4. The van der Waals surface area contributed by atoms with Crippen molar-refractivity contribution in [3.8, 4) is 0 Å². The van der Waals surface area contributed by atoms with Gasteiger partial charge >= 0.3 is 5.97 Å². The molecular formula is C14H18BrNO2. The molecule has 1 aromatic carbocycles. The summed E-state index contributed by atoms with van der Waals surface area (Å²) in [5.74, 6) is -1.17. The zero-order valence-electron chi connectivity index (χ0n) is 10.3. The van der Waals surface area contributed by atoms with Crippen molar-refractivity contribution < 1.29 is 9.90 Å². The Bertz CT molecular complexity index is 416. The summed E-state index contributed by atoms with van der Waals surface area (Å²) in [6, 6.07) is 7.62. The lowest BCUT2D eigenvalue weighted by atomic mass is 9.97. The van der Waals surface area contributed by atoms with E-state index in [-0.39, 0.29) is 0 Å². The van der Waals surface area contributed by atoms with Gasteiger partial charge in [-0.1, -0.05) is 34.5 Å². The molecular weight excluding hydrogens is 294 g/mol. The fourth-order valence-corrected chi connectivity index (χ4v) is 2.87. The molecule has 1 aliphatic heterocycles. The first kappa shape index (κ1) is 13.6. The molecule has 0 saturated carbocycles. The number of hydrogen-bond donors (Lipinski definition) is 1. The van der Waals surface area contributed by atoms with Gasteiger partial charge in [0.1, 0.15) is 0 Å². The minimum Gasteiger partial charge on any atom is -0.481 e. The van der Waals surface area contributed by atoms with Crippen LogP contribution in [0.3, 0.4) is 0 Å². The highest BCUT2D eigenvalue weighted by Crippen LogP contribution is 2.23. The van der Waals surface area contributed by atoms with Crippen LogP contribution in [0.4, 0.5) is 0 Å². The third kappa shape index (κ3) is 3.56. The van der Waals surface area contributed by atoms with Gasteiger partial charge in [0.2, 0.25) is 0 Å². The Kier molecular flexibility index (Phi) is 4.78. The summed E-state index contributed by atoms with van der Waals surface area (Å²) in [5, 5.41) is 9.41. The summed E-state index contributed by atoms with van der Waals surface area (Å²) in [7, 11) is 0. The average Bonchev–Trinajstić information content (AvgIpc) is 2.37. The number of aliphatic carboxylic acids is 1. The van der Waals surface area contributed by atoms with Crippen LogP contribution in [-0.2, 0) is 4.79 Å². The molecule has 1 unspecified atom stereocenters. The minimum absolute atomic E-state index is 0.430. The standard InChI is InChI=1S/C14H18BrNO2/c15-12-6-4-5-11(9-12)13(14(17)18)10-16-7-2-1-3-8-16/h4-6,9,13H,1-3,7-8,10H2,(H,17,18). The van der Waals surface area contributed by atoms with Gasteiger partial charge in [-0.25, -0.2) is 0 Å². The van der Waals surface area contributed by atoms with E-state index in [9.17, 15) is 9.90 Å². The molecule has 4 heteroatoms. The number of nitrogens with zero attached hydrogens (tertiary/aromatic N) is 1. The smallest absolute Gasteiger partial charge is 0.312 e. The van der Waals surface area contributed by atoms with Crippen molar-refractivity contribution in [3.63, 3.8) is 0 Å². The fraction of sp³-hybridized carbons (Fsp3) is 0.500. The number of rotatable bonds is 4. The van der Waals surface area contributed by atoms with Gasteiger partial charge in [-0.15, -0.1) is 0 Å². The van der Waals surface area contributed by atoms with Crippen molar-refractivity contribution in [1.29, 1.82) is 0 Å². The lowest BCUT2D eigenvalue weighted by Crippen LogP contribution is -2.35. The number of halogens is 1. The van der Waals surface area contributed by atoms with E-state index in [1.54, 1.807) is 0 Å². The van der Waals surface area contributed by atoms with Crippen LogP contribution in [0, 0.1) is 0 Å². The molecule has 1 saturated heterocycles. The lowest BCUT2D eigenvalue weighted by Gasteiger charge is -2.29. The zero-order chi connectivity index (χ0) is 13.0. The van der Waals surface area contributed by atoms with Crippen molar-refractivity contribution in [2.24, 2.45) is 0 Å². The van der Waals surface area contributed by atoms with E-state index in [1.165, 1.54) is 19.3 Å². The number of hydrogen-bond acceptors (Lipinski definition) is 2. The van der Waals surface area contributed by atoms with E-state index in [0.717, 1.165) is 23.1 Å². The molecule has 0 spiro atoms. The molecule has 1 atom stereocenters. The predicted octanol–water partition coefficient (Wildman–Crippen LogP) is 3.10. The monoisotopic (exact) mass is 311 g/mol. The second-order valence-electron chi connectivity index (χ2n) is 4.81. The normalized spacial score (nSPS) is 18.5. The number of likely N-dealkylation sites (tertiary alicyclic amines) is 1. The molecule has 0 bridgehead atoms. The molecule has 98 valence electrons.